The van der Waals surface area contributed by atoms with Gasteiger partial charge >= 0.3 is 0 Å². The van der Waals surface area contributed by atoms with E-state index in [1.165, 1.54) is 21.7 Å². The molecule has 0 spiro atoms. The molecule has 5 rings (SSSR count). The van der Waals surface area contributed by atoms with Crippen LogP contribution in [-0.2, 0) is 0 Å². The van der Waals surface area contributed by atoms with E-state index in [1.807, 2.05) is 6.07 Å². The van der Waals surface area contributed by atoms with Crippen LogP contribution < -0.4 is 10.6 Å². The van der Waals surface area contributed by atoms with Crippen LogP contribution >= 0.6 is 7.05 Å². The first kappa shape index (κ1) is 22.7. The highest BCUT2D eigenvalue weighted by atomic mass is 31.2. The molecule has 2 nitrogen and oxygen atoms in total. The minimum absolute atomic E-state index is 0.392. The largest absolute Gasteiger partial charge is 0.455 e. The molecule has 0 saturated carbocycles. The molecule has 1 atom stereocenters. The molecular formula is C31H32NOP. The normalized spacial score (nSPS) is 13.6. The predicted molar refractivity (Wildman–Crippen MR) is 149 cm³/mol. The van der Waals surface area contributed by atoms with Gasteiger partial charge in [0.15, 0.2) is 0 Å². The lowest BCUT2D eigenvalue weighted by atomic mass is 9.93. The summed E-state index contributed by atoms with van der Waals surface area (Å²) >= 11 is 0. The SMILES string of the molecule is CC(C)c1cccc(C(C)C)c1N=P(C)(c1ccccc1)c1cccc2c1oc1ccccc12. The molecule has 4 aromatic carbocycles. The van der Waals surface area contributed by atoms with Gasteiger partial charge in [0.05, 0.1) is 5.69 Å². The van der Waals surface area contributed by atoms with Gasteiger partial charge in [-0.2, -0.15) is 0 Å². The van der Waals surface area contributed by atoms with Crippen LogP contribution in [0.25, 0.3) is 21.9 Å². The van der Waals surface area contributed by atoms with E-state index in [1.54, 1.807) is 0 Å². The molecule has 0 saturated heterocycles. The molecule has 0 aliphatic rings. The second-order valence-corrected chi connectivity index (χ2v) is 12.9. The quantitative estimate of drug-likeness (QED) is 0.238. The summed E-state index contributed by atoms with van der Waals surface area (Å²) in [7, 11) is -2.20. The van der Waals surface area contributed by atoms with Gasteiger partial charge in [-0.1, -0.05) is 107 Å². The van der Waals surface area contributed by atoms with E-state index < -0.39 is 7.05 Å². The second kappa shape index (κ2) is 8.93. The maximum absolute atomic E-state index is 6.51. The molecule has 0 radical (unpaired) electrons. The lowest BCUT2D eigenvalue weighted by Crippen LogP contribution is -2.16. The molecule has 3 heteroatoms. The third kappa shape index (κ3) is 3.81. The monoisotopic (exact) mass is 465 g/mol. The van der Waals surface area contributed by atoms with Crippen molar-refractivity contribution in [1.29, 1.82) is 0 Å². The van der Waals surface area contributed by atoms with Crippen molar-refractivity contribution < 1.29 is 4.42 Å². The van der Waals surface area contributed by atoms with Gasteiger partial charge in [-0.15, -0.1) is 0 Å². The average molecular weight is 466 g/mol. The van der Waals surface area contributed by atoms with Gasteiger partial charge in [-0.05, 0) is 47.1 Å². The van der Waals surface area contributed by atoms with Crippen molar-refractivity contribution in [3.05, 3.63) is 102 Å². The van der Waals surface area contributed by atoms with Crippen LogP contribution in [0.5, 0.6) is 0 Å². The van der Waals surface area contributed by atoms with Gasteiger partial charge in [0.2, 0.25) is 0 Å². The van der Waals surface area contributed by atoms with Crippen molar-refractivity contribution in [3.8, 4) is 0 Å². The lowest BCUT2D eigenvalue weighted by Gasteiger charge is -2.25. The van der Waals surface area contributed by atoms with E-state index in [0.29, 0.717) is 11.8 Å². The van der Waals surface area contributed by atoms with Crippen LogP contribution in [0.4, 0.5) is 5.69 Å². The summed E-state index contributed by atoms with van der Waals surface area (Å²) in [5.74, 6) is 0.785. The van der Waals surface area contributed by atoms with Gasteiger partial charge < -0.3 is 4.42 Å². The van der Waals surface area contributed by atoms with Crippen molar-refractivity contribution in [3.63, 3.8) is 0 Å². The number of para-hydroxylation sites is 2. The third-order valence-electron chi connectivity index (χ3n) is 6.75. The van der Waals surface area contributed by atoms with Crippen LogP contribution in [-0.4, -0.2) is 6.66 Å². The molecule has 172 valence electrons. The highest BCUT2D eigenvalue weighted by Gasteiger charge is 2.26. The standard InChI is InChI=1S/C31H32NOP/c1-21(2)24-16-11-17-25(22(3)4)30(24)32-34(5,23-13-7-6-8-14-23)29-20-12-18-27-26-15-9-10-19-28(26)33-31(27)29/h6-22H,1-5H3. The maximum Gasteiger partial charge on any atom is 0.144 e. The van der Waals surface area contributed by atoms with Crippen molar-refractivity contribution >= 4 is 45.3 Å². The van der Waals surface area contributed by atoms with Gasteiger partial charge in [0.25, 0.3) is 0 Å². The summed E-state index contributed by atoms with van der Waals surface area (Å²) in [5.41, 5.74) is 5.66. The number of nitrogens with zero attached hydrogens (tertiary/aromatic N) is 1. The van der Waals surface area contributed by atoms with Crippen LogP contribution in [0.3, 0.4) is 0 Å². The molecule has 1 aromatic heterocycles. The Hall–Kier alpha value is -3.09. The van der Waals surface area contributed by atoms with Crippen molar-refractivity contribution in [1.82, 2.24) is 0 Å². The zero-order valence-corrected chi connectivity index (χ0v) is 21.5. The Morgan fingerprint density at radius 3 is 1.91 bits per heavy atom. The summed E-state index contributed by atoms with van der Waals surface area (Å²) in [6, 6.07) is 32.3. The summed E-state index contributed by atoms with van der Waals surface area (Å²) in [5, 5.41) is 4.77. The minimum atomic E-state index is -2.20. The second-order valence-electron chi connectivity index (χ2n) is 9.74. The van der Waals surface area contributed by atoms with Crippen LogP contribution in [0.15, 0.2) is 100 Å². The zero-order valence-electron chi connectivity index (χ0n) is 20.6. The van der Waals surface area contributed by atoms with E-state index in [0.717, 1.165) is 27.6 Å². The first-order valence-electron chi connectivity index (χ1n) is 12.1. The molecule has 5 aromatic rings. The number of fused-ring (bicyclic) bond motifs is 3. The van der Waals surface area contributed by atoms with E-state index in [4.69, 9.17) is 9.16 Å². The molecule has 1 unspecified atom stereocenters. The summed E-state index contributed by atoms with van der Waals surface area (Å²) in [4.78, 5) is 0. The Kier molecular flexibility index (Phi) is 5.96. The molecule has 0 N–H and O–H groups in total. The smallest absolute Gasteiger partial charge is 0.144 e. The molecule has 0 aliphatic carbocycles. The number of rotatable bonds is 5. The highest BCUT2D eigenvalue weighted by Crippen LogP contribution is 2.51. The Labute approximate surface area is 202 Å². The van der Waals surface area contributed by atoms with Crippen LogP contribution in [0.1, 0.15) is 50.7 Å². The van der Waals surface area contributed by atoms with Crippen molar-refractivity contribution in [2.45, 2.75) is 39.5 Å². The lowest BCUT2D eigenvalue weighted by molar-refractivity contribution is 0.671. The fourth-order valence-electron chi connectivity index (χ4n) is 4.87. The first-order chi connectivity index (χ1) is 16.4. The average Bonchev–Trinajstić information content (AvgIpc) is 3.23. The van der Waals surface area contributed by atoms with E-state index in [9.17, 15) is 0 Å². The molecule has 0 amide bonds. The van der Waals surface area contributed by atoms with Gasteiger partial charge in [-0.25, -0.2) is 0 Å². The Bertz CT molecular complexity index is 1500. The first-order valence-corrected chi connectivity index (χ1v) is 14.3. The Morgan fingerprint density at radius 1 is 0.647 bits per heavy atom. The van der Waals surface area contributed by atoms with Crippen molar-refractivity contribution in [2.75, 3.05) is 6.66 Å². The third-order valence-corrected chi connectivity index (χ3v) is 9.95. The molecule has 0 aliphatic heterocycles. The molecule has 1 heterocycles. The molecule has 34 heavy (non-hydrogen) atoms. The fraction of sp³-hybridized carbons (Fsp3) is 0.226. The van der Waals surface area contributed by atoms with E-state index in [2.05, 4.69) is 119 Å². The van der Waals surface area contributed by atoms with E-state index >= 15 is 0 Å². The summed E-state index contributed by atoms with van der Waals surface area (Å²) in [6.07, 6.45) is 0. The maximum atomic E-state index is 6.51. The Morgan fingerprint density at radius 2 is 1.24 bits per heavy atom. The zero-order chi connectivity index (χ0) is 23.9. The van der Waals surface area contributed by atoms with E-state index in [-0.39, 0.29) is 0 Å². The molecule has 0 fully saturated rings. The number of hydrogen-bond donors (Lipinski definition) is 0. The minimum Gasteiger partial charge on any atom is -0.455 e. The number of benzene rings is 4. The van der Waals surface area contributed by atoms with Crippen LogP contribution in [0.2, 0.25) is 0 Å². The van der Waals surface area contributed by atoms with Crippen LogP contribution in [0, 0.1) is 0 Å². The van der Waals surface area contributed by atoms with Gasteiger partial charge in [0.1, 0.15) is 11.2 Å². The fourth-order valence-corrected chi connectivity index (χ4v) is 7.69. The highest BCUT2D eigenvalue weighted by molar-refractivity contribution is 7.80. The van der Waals surface area contributed by atoms with Gasteiger partial charge in [0, 0.05) is 23.1 Å². The number of furan rings is 1. The predicted octanol–water partition coefficient (Wildman–Crippen LogP) is 8.95. The molecule has 0 bridgehead atoms. The van der Waals surface area contributed by atoms with Gasteiger partial charge in [-0.3, -0.25) is 4.74 Å². The topological polar surface area (TPSA) is 25.5 Å². The Balaban J connectivity index is 1.92. The van der Waals surface area contributed by atoms with Crippen molar-refractivity contribution in [2.24, 2.45) is 4.74 Å². The molecular weight excluding hydrogens is 433 g/mol. The summed E-state index contributed by atoms with van der Waals surface area (Å²) in [6.45, 7) is 11.4. The number of hydrogen-bond acceptors (Lipinski definition) is 2. The summed E-state index contributed by atoms with van der Waals surface area (Å²) < 4.78 is 12.3.